The van der Waals surface area contributed by atoms with Crippen LogP contribution in [-0.2, 0) is 10.8 Å². The van der Waals surface area contributed by atoms with Crippen LogP contribution in [0.25, 0.3) is 0 Å². The monoisotopic (exact) mass is 284 g/mol. The minimum absolute atomic E-state index is 0.345. The standard InChI is InChI=1S/C13H24N4OS/c1-5-14-12-11(10(2)3)13(17-9-16-12)15-7-6-8-19(4)18/h9-10H,5-8H2,1-4H3,(H2,14,15,16,17). The zero-order valence-electron chi connectivity index (χ0n) is 12.2. The molecule has 5 nitrogen and oxygen atoms in total. The van der Waals surface area contributed by atoms with Crippen LogP contribution in [0.5, 0.6) is 0 Å². The van der Waals surface area contributed by atoms with E-state index in [1.807, 2.05) is 0 Å². The molecule has 0 radical (unpaired) electrons. The quantitative estimate of drug-likeness (QED) is 0.716. The number of hydrogen-bond acceptors (Lipinski definition) is 5. The second-order valence-corrected chi connectivity index (χ2v) is 6.28. The molecule has 0 saturated carbocycles. The first-order valence-electron chi connectivity index (χ1n) is 6.68. The zero-order chi connectivity index (χ0) is 14.3. The van der Waals surface area contributed by atoms with E-state index in [-0.39, 0.29) is 0 Å². The number of nitrogens with one attached hydrogen (secondary N) is 2. The number of nitrogens with zero attached hydrogens (tertiary/aromatic N) is 2. The molecule has 0 aliphatic carbocycles. The second kappa shape index (κ2) is 8.09. The van der Waals surface area contributed by atoms with E-state index in [1.54, 1.807) is 12.6 Å². The topological polar surface area (TPSA) is 66.9 Å². The molecule has 19 heavy (non-hydrogen) atoms. The van der Waals surface area contributed by atoms with E-state index in [4.69, 9.17) is 0 Å². The number of aromatic nitrogens is 2. The van der Waals surface area contributed by atoms with Crippen LogP contribution in [0.3, 0.4) is 0 Å². The highest BCUT2D eigenvalue weighted by Crippen LogP contribution is 2.28. The molecule has 0 saturated heterocycles. The fourth-order valence-corrected chi connectivity index (χ4v) is 2.42. The van der Waals surface area contributed by atoms with E-state index in [0.717, 1.165) is 42.5 Å². The molecular weight excluding hydrogens is 260 g/mol. The highest BCUT2D eigenvalue weighted by Gasteiger charge is 2.14. The smallest absolute Gasteiger partial charge is 0.134 e. The predicted octanol–water partition coefficient (Wildman–Crippen LogP) is 2.21. The Morgan fingerprint density at radius 1 is 1.26 bits per heavy atom. The molecule has 0 bridgehead atoms. The Balaban J connectivity index is 2.75. The van der Waals surface area contributed by atoms with Gasteiger partial charge >= 0.3 is 0 Å². The highest BCUT2D eigenvalue weighted by atomic mass is 32.2. The van der Waals surface area contributed by atoms with Gasteiger partial charge in [-0.05, 0) is 19.3 Å². The summed E-state index contributed by atoms with van der Waals surface area (Å²) in [4.78, 5) is 8.62. The lowest BCUT2D eigenvalue weighted by Crippen LogP contribution is -2.13. The van der Waals surface area contributed by atoms with Crippen LogP contribution in [0, 0.1) is 0 Å². The maximum Gasteiger partial charge on any atom is 0.134 e. The average Bonchev–Trinajstić information content (AvgIpc) is 2.34. The van der Waals surface area contributed by atoms with Crippen molar-refractivity contribution in [2.45, 2.75) is 33.1 Å². The largest absolute Gasteiger partial charge is 0.370 e. The molecule has 108 valence electrons. The van der Waals surface area contributed by atoms with Gasteiger partial charge in [0.05, 0.1) is 0 Å². The van der Waals surface area contributed by atoms with Gasteiger partial charge in [0.1, 0.15) is 18.0 Å². The van der Waals surface area contributed by atoms with Gasteiger partial charge in [-0.3, -0.25) is 4.21 Å². The fraction of sp³-hybridized carbons (Fsp3) is 0.692. The molecule has 1 unspecified atom stereocenters. The molecule has 1 aromatic rings. The summed E-state index contributed by atoms with van der Waals surface area (Å²) in [6, 6.07) is 0. The van der Waals surface area contributed by atoms with Crippen LogP contribution in [-0.4, -0.2) is 39.3 Å². The maximum absolute atomic E-state index is 11.0. The van der Waals surface area contributed by atoms with Gasteiger partial charge in [-0.15, -0.1) is 0 Å². The third-order valence-corrected chi connectivity index (χ3v) is 3.57. The highest BCUT2D eigenvalue weighted by molar-refractivity contribution is 7.84. The first-order valence-corrected chi connectivity index (χ1v) is 8.41. The van der Waals surface area contributed by atoms with E-state index in [1.165, 1.54) is 0 Å². The van der Waals surface area contributed by atoms with Crippen molar-refractivity contribution in [2.24, 2.45) is 0 Å². The molecule has 0 aliphatic rings. The van der Waals surface area contributed by atoms with Crippen molar-refractivity contribution in [1.29, 1.82) is 0 Å². The molecule has 2 N–H and O–H groups in total. The molecule has 1 heterocycles. The molecule has 0 fully saturated rings. The Bertz CT molecular complexity index is 423. The average molecular weight is 284 g/mol. The fourth-order valence-electron chi connectivity index (χ4n) is 1.87. The van der Waals surface area contributed by atoms with Crippen LogP contribution in [0.1, 0.15) is 38.7 Å². The van der Waals surface area contributed by atoms with Gasteiger partial charge in [0.25, 0.3) is 0 Å². The summed E-state index contributed by atoms with van der Waals surface area (Å²) >= 11 is 0. The van der Waals surface area contributed by atoms with Crippen LogP contribution >= 0.6 is 0 Å². The van der Waals surface area contributed by atoms with Crippen LogP contribution in [0.4, 0.5) is 11.6 Å². The zero-order valence-corrected chi connectivity index (χ0v) is 13.0. The summed E-state index contributed by atoms with van der Waals surface area (Å²) < 4.78 is 11.0. The summed E-state index contributed by atoms with van der Waals surface area (Å²) in [6.45, 7) is 7.93. The van der Waals surface area contributed by atoms with Gasteiger partial charge in [-0.1, -0.05) is 13.8 Å². The van der Waals surface area contributed by atoms with Gasteiger partial charge in [-0.25, -0.2) is 9.97 Å². The van der Waals surface area contributed by atoms with Crippen molar-refractivity contribution >= 4 is 22.4 Å². The molecule has 1 rings (SSSR count). The number of hydrogen-bond donors (Lipinski definition) is 2. The minimum Gasteiger partial charge on any atom is -0.370 e. The summed E-state index contributed by atoms with van der Waals surface area (Å²) in [7, 11) is -0.730. The first-order chi connectivity index (χ1) is 9.06. The Hall–Kier alpha value is -1.17. The summed E-state index contributed by atoms with van der Waals surface area (Å²) in [5, 5.41) is 6.59. The summed E-state index contributed by atoms with van der Waals surface area (Å²) in [5.74, 6) is 2.84. The summed E-state index contributed by atoms with van der Waals surface area (Å²) in [6.07, 6.45) is 4.18. The first kappa shape index (κ1) is 15.9. The molecular formula is C13H24N4OS. The van der Waals surface area contributed by atoms with Gasteiger partial charge < -0.3 is 10.6 Å². The lowest BCUT2D eigenvalue weighted by atomic mass is 10.0. The lowest BCUT2D eigenvalue weighted by Gasteiger charge is -2.17. The molecule has 1 atom stereocenters. The maximum atomic E-state index is 11.0. The van der Waals surface area contributed by atoms with Gasteiger partial charge in [0, 0.05) is 41.5 Å². The Morgan fingerprint density at radius 2 is 1.89 bits per heavy atom. The molecule has 0 amide bonds. The van der Waals surface area contributed by atoms with Crippen LogP contribution in [0.2, 0.25) is 0 Å². The van der Waals surface area contributed by atoms with E-state index < -0.39 is 10.8 Å². The predicted molar refractivity (Wildman–Crippen MR) is 82.3 cm³/mol. The van der Waals surface area contributed by atoms with Crippen LogP contribution in [0.15, 0.2) is 6.33 Å². The minimum atomic E-state index is -0.730. The molecule has 1 aromatic heterocycles. The van der Waals surface area contributed by atoms with Crippen LogP contribution < -0.4 is 10.6 Å². The van der Waals surface area contributed by atoms with E-state index in [2.05, 4.69) is 41.4 Å². The van der Waals surface area contributed by atoms with Gasteiger partial charge in [0.2, 0.25) is 0 Å². The van der Waals surface area contributed by atoms with Gasteiger partial charge in [-0.2, -0.15) is 0 Å². The van der Waals surface area contributed by atoms with Crippen molar-refractivity contribution < 1.29 is 4.21 Å². The van der Waals surface area contributed by atoms with Crippen molar-refractivity contribution in [2.75, 3.05) is 35.7 Å². The summed E-state index contributed by atoms with van der Waals surface area (Å²) in [5.41, 5.74) is 1.11. The Morgan fingerprint density at radius 3 is 2.42 bits per heavy atom. The Kier molecular flexibility index (Phi) is 6.77. The SMILES string of the molecule is CCNc1ncnc(NCCCS(C)=O)c1C(C)C. The second-order valence-electron chi connectivity index (χ2n) is 4.73. The lowest BCUT2D eigenvalue weighted by molar-refractivity contribution is 0.685. The molecule has 0 aromatic carbocycles. The van der Waals surface area contributed by atoms with E-state index in [9.17, 15) is 4.21 Å². The molecule has 6 heteroatoms. The van der Waals surface area contributed by atoms with E-state index in [0.29, 0.717) is 5.92 Å². The number of anilines is 2. The molecule has 0 spiro atoms. The number of rotatable bonds is 8. The van der Waals surface area contributed by atoms with Crippen molar-refractivity contribution in [1.82, 2.24) is 9.97 Å². The van der Waals surface area contributed by atoms with Crippen molar-refractivity contribution in [3.8, 4) is 0 Å². The van der Waals surface area contributed by atoms with Crippen molar-refractivity contribution in [3.63, 3.8) is 0 Å². The normalized spacial score (nSPS) is 12.5. The van der Waals surface area contributed by atoms with E-state index >= 15 is 0 Å². The Labute approximate surface area is 118 Å². The van der Waals surface area contributed by atoms with Gasteiger partial charge in [0.15, 0.2) is 0 Å². The molecule has 0 aliphatic heterocycles. The van der Waals surface area contributed by atoms with Crippen molar-refractivity contribution in [3.05, 3.63) is 11.9 Å². The third-order valence-electron chi connectivity index (χ3n) is 2.71. The third kappa shape index (κ3) is 5.14.